The molecule has 0 aliphatic carbocycles. The van der Waals surface area contributed by atoms with E-state index in [1.807, 2.05) is 24.3 Å². The van der Waals surface area contributed by atoms with Gasteiger partial charge in [0.1, 0.15) is 5.65 Å². The van der Waals surface area contributed by atoms with Crippen LogP contribution < -0.4 is 10.5 Å². The topological polar surface area (TPSA) is 74.0 Å². The summed E-state index contributed by atoms with van der Waals surface area (Å²) >= 11 is 0. The number of morpholine rings is 1. The smallest absolute Gasteiger partial charge is 0.378 e. The van der Waals surface area contributed by atoms with E-state index >= 15 is 0 Å². The molecule has 4 aromatic rings. The normalized spacial score (nSPS) is 14.8. The Morgan fingerprint density at radius 1 is 1.00 bits per heavy atom. The molecule has 9 heteroatoms. The van der Waals surface area contributed by atoms with E-state index < -0.39 is 11.7 Å². The third-order valence-electron chi connectivity index (χ3n) is 5.59. The van der Waals surface area contributed by atoms with Crippen LogP contribution in [0, 0.1) is 0 Å². The van der Waals surface area contributed by atoms with Crippen LogP contribution in [0.5, 0.6) is 0 Å². The molecule has 1 aromatic carbocycles. The second-order valence-corrected chi connectivity index (χ2v) is 7.58. The maximum absolute atomic E-state index is 13.8. The van der Waals surface area contributed by atoms with Gasteiger partial charge in [-0.25, -0.2) is 4.98 Å². The Hall–Kier alpha value is -3.59. The van der Waals surface area contributed by atoms with Crippen LogP contribution in [0.15, 0.2) is 59.7 Å². The largest absolute Gasteiger partial charge is 0.418 e. The monoisotopic (exact) mass is 440 g/mol. The van der Waals surface area contributed by atoms with E-state index in [0.717, 1.165) is 30.5 Å². The molecule has 4 heterocycles. The fourth-order valence-corrected chi connectivity index (χ4v) is 4.00. The first-order chi connectivity index (χ1) is 15.4. The SMILES string of the molecule is O=c1ccc(-c2c(C(F)(F)F)cnc3[nH]c(-c4ccc(N5CCOCC5)cc4)cc23)c[nH]1. The summed E-state index contributed by atoms with van der Waals surface area (Å²) in [6.45, 7) is 3.01. The highest BCUT2D eigenvalue weighted by Crippen LogP contribution is 2.41. The first-order valence-corrected chi connectivity index (χ1v) is 10.1. The van der Waals surface area contributed by atoms with Crippen LogP contribution in [0.25, 0.3) is 33.4 Å². The third kappa shape index (κ3) is 3.75. The first kappa shape index (κ1) is 20.3. The highest BCUT2D eigenvalue weighted by atomic mass is 19.4. The van der Waals surface area contributed by atoms with E-state index in [2.05, 4.69) is 19.9 Å². The Bertz CT molecular complexity index is 1300. The number of nitrogens with one attached hydrogen (secondary N) is 2. The molecule has 1 aliphatic heterocycles. The van der Waals surface area contributed by atoms with Crippen molar-refractivity contribution in [2.24, 2.45) is 0 Å². The van der Waals surface area contributed by atoms with E-state index in [0.29, 0.717) is 29.9 Å². The minimum absolute atomic E-state index is 0.0220. The van der Waals surface area contributed by atoms with Crippen molar-refractivity contribution in [3.63, 3.8) is 0 Å². The lowest BCUT2D eigenvalue weighted by atomic mass is 9.99. The predicted molar refractivity (Wildman–Crippen MR) is 116 cm³/mol. The Balaban J connectivity index is 1.60. The summed E-state index contributed by atoms with van der Waals surface area (Å²) < 4.78 is 46.7. The van der Waals surface area contributed by atoms with Gasteiger partial charge in [0.2, 0.25) is 5.56 Å². The maximum Gasteiger partial charge on any atom is 0.418 e. The van der Waals surface area contributed by atoms with E-state index in [9.17, 15) is 18.0 Å². The summed E-state index contributed by atoms with van der Waals surface area (Å²) in [7, 11) is 0. The van der Waals surface area contributed by atoms with Crippen molar-refractivity contribution < 1.29 is 17.9 Å². The fraction of sp³-hybridized carbons (Fsp3) is 0.217. The molecule has 0 saturated carbocycles. The zero-order valence-electron chi connectivity index (χ0n) is 16.9. The molecule has 1 fully saturated rings. The summed E-state index contributed by atoms with van der Waals surface area (Å²) in [5, 5.41) is 0.333. The minimum atomic E-state index is -4.59. The number of aromatic nitrogens is 3. The number of halogens is 3. The Morgan fingerprint density at radius 3 is 2.38 bits per heavy atom. The average molecular weight is 440 g/mol. The Kier molecular flexibility index (Phi) is 4.97. The summed E-state index contributed by atoms with van der Waals surface area (Å²) in [5.41, 5.74) is 1.90. The van der Waals surface area contributed by atoms with Gasteiger partial charge < -0.3 is 19.6 Å². The number of hydrogen-bond donors (Lipinski definition) is 2. The van der Waals surface area contributed by atoms with Crippen molar-refractivity contribution in [3.05, 3.63) is 70.8 Å². The lowest BCUT2D eigenvalue weighted by molar-refractivity contribution is -0.137. The van der Waals surface area contributed by atoms with Crippen LogP contribution in [0.1, 0.15) is 5.56 Å². The van der Waals surface area contributed by atoms with Crippen LogP contribution in [-0.2, 0) is 10.9 Å². The quantitative estimate of drug-likeness (QED) is 0.494. The van der Waals surface area contributed by atoms with Gasteiger partial charge in [0, 0.05) is 53.9 Å². The number of ether oxygens (including phenoxy) is 1. The minimum Gasteiger partial charge on any atom is -0.378 e. The molecule has 0 radical (unpaired) electrons. The van der Waals surface area contributed by atoms with Crippen molar-refractivity contribution in [3.8, 4) is 22.4 Å². The van der Waals surface area contributed by atoms with Crippen LogP contribution in [0.2, 0.25) is 0 Å². The van der Waals surface area contributed by atoms with Crippen molar-refractivity contribution in [1.29, 1.82) is 0 Å². The molecule has 0 spiro atoms. The van der Waals surface area contributed by atoms with Gasteiger partial charge in [-0.05, 0) is 35.4 Å². The molecule has 5 rings (SSSR count). The van der Waals surface area contributed by atoms with Crippen molar-refractivity contribution in [2.45, 2.75) is 6.18 Å². The van der Waals surface area contributed by atoms with Gasteiger partial charge in [0.15, 0.2) is 0 Å². The highest BCUT2D eigenvalue weighted by molar-refractivity contribution is 5.97. The number of pyridine rings is 2. The second kappa shape index (κ2) is 7.83. The molecule has 2 N–H and O–H groups in total. The molecule has 0 unspecified atom stereocenters. The van der Waals surface area contributed by atoms with E-state index in [-0.39, 0.29) is 16.7 Å². The summed E-state index contributed by atoms with van der Waals surface area (Å²) in [4.78, 5) is 23.2. The van der Waals surface area contributed by atoms with Crippen LogP contribution in [-0.4, -0.2) is 41.3 Å². The number of fused-ring (bicyclic) bond motifs is 1. The van der Waals surface area contributed by atoms with Gasteiger partial charge in [-0.1, -0.05) is 12.1 Å². The van der Waals surface area contributed by atoms with Gasteiger partial charge in [-0.15, -0.1) is 0 Å². The number of rotatable bonds is 3. The molecule has 0 atom stereocenters. The van der Waals surface area contributed by atoms with Crippen LogP contribution >= 0.6 is 0 Å². The Morgan fingerprint density at radius 2 is 1.72 bits per heavy atom. The highest BCUT2D eigenvalue weighted by Gasteiger charge is 2.35. The van der Waals surface area contributed by atoms with Crippen molar-refractivity contribution in [2.75, 3.05) is 31.2 Å². The molecule has 0 bridgehead atoms. The maximum atomic E-state index is 13.8. The van der Waals surface area contributed by atoms with Gasteiger partial charge in [-0.2, -0.15) is 13.2 Å². The molecule has 3 aromatic heterocycles. The van der Waals surface area contributed by atoms with Gasteiger partial charge >= 0.3 is 6.18 Å². The molecule has 32 heavy (non-hydrogen) atoms. The molecular weight excluding hydrogens is 421 g/mol. The molecule has 1 saturated heterocycles. The summed E-state index contributed by atoms with van der Waals surface area (Å²) in [6.07, 6.45) is -2.48. The molecule has 164 valence electrons. The lowest BCUT2D eigenvalue weighted by Crippen LogP contribution is -2.36. The number of anilines is 1. The van der Waals surface area contributed by atoms with Crippen LogP contribution in [0.4, 0.5) is 18.9 Å². The zero-order chi connectivity index (χ0) is 22.3. The van der Waals surface area contributed by atoms with E-state index in [1.54, 1.807) is 6.07 Å². The fourth-order valence-electron chi connectivity index (χ4n) is 4.00. The first-order valence-electron chi connectivity index (χ1n) is 10.1. The van der Waals surface area contributed by atoms with Gasteiger partial charge in [0.05, 0.1) is 18.8 Å². The molecule has 6 nitrogen and oxygen atoms in total. The number of aromatic amines is 2. The third-order valence-corrected chi connectivity index (χ3v) is 5.59. The second-order valence-electron chi connectivity index (χ2n) is 7.58. The predicted octanol–water partition coefficient (Wildman–Crippen LogP) is 4.44. The number of benzene rings is 1. The number of alkyl halides is 3. The standard InChI is InChI=1S/C23H19F3N4O2/c24-23(25,26)18-13-28-22-17(21(18)15-3-6-20(31)27-12-15)11-19(29-22)14-1-4-16(5-2-14)30-7-9-32-10-8-30/h1-6,11-13H,7-10H2,(H,27,31)(H,28,29). The Labute approximate surface area is 180 Å². The van der Waals surface area contributed by atoms with Crippen molar-refractivity contribution in [1.82, 2.24) is 15.0 Å². The van der Waals surface area contributed by atoms with Crippen LogP contribution in [0.3, 0.4) is 0 Å². The molecule has 0 amide bonds. The van der Waals surface area contributed by atoms with Gasteiger partial charge in [0.25, 0.3) is 0 Å². The number of H-pyrrole nitrogens is 2. The van der Waals surface area contributed by atoms with Gasteiger partial charge in [-0.3, -0.25) is 4.79 Å². The zero-order valence-corrected chi connectivity index (χ0v) is 16.9. The molecule has 1 aliphatic rings. The van der Waals surface area contributed by atoms with E-state index in [1.165, 1.54) is 18.3 Å². The van der Waals surface area contributed by atoms with E-state index in [4.69, 9.17) is 4.74 Å². The summed E-state index contributed by atoms with van der Waals surface area (Å²) in [5.74, 6) is 0. The lowest BCUT2D eigenvalue weighted by Gasteiger charge is -2.28. The van der Waals surface area contributed by atoms with Crippen molar-refractivity contribution >= 4 is 16.7 Å². The molecular formula is C23H19F3N4O2. The average Bonchev–Trinajstić information content (AvgIpc) is 3.24. The number of hydrogen-bond acceptors (Lipinski definition) is 4. The summed E-state index contributed by atoms with van der Waals surface area (Å²) in [6, 6.07) is 12.1. The number of nitrogens with zero attached hydrogens (tertiary/aromatic N) is 2.